The lowest BCUT2D eigenvalue weighted by Crippen LogP contribution is -2.47. The fourth-order valence-corrected chi connectivity index (χ4v) is 4.58. The zero-order valence-corrected chi connectivity index (χ0v) is 17.7. The van der Waals surface area contributed by atoms with Gasteiger partial charge in [-0.05, 0) is 50.0 Å². The van der Waals surface area contributed by atoms with E-state index in [9.17, 15) is 9.50 Å². The van der Waals surface area contributed by atoms with Crippen molar-refractivity contribution in [3.63, 3.8) is 0 Å². The Kier molecular flexibility index (Phi) is 8.06. The number of alkyl halides is 2. The number of piperidine rings is 1. The molecule has 2 aromatic rings. The second-order valence-corrected chi connectivity index (χ2v) is 8.21. The Morgan fingerprint density at radius 1 is 1.23 bits per heavy atom. The fourth-order valence-electron chi connectivity index (χ4n) is 4.12. The first-order valence-electron chi connectivity index (χ1n) is 10.2. The van der Waals surface area contributed by atoms with E-state index in [0.717, 1.165) is 13.0 Å². The summed E-state index contributed by atoms with van der Waals surface area (Å²) in [5.41, 5.74) is 0.0173. The first-order chi connectivity index (χ1) is 14.4. The minimum Gasteiger partial charge on any atom is -0.454 e. The van der Waals surface area contributed by atoms with Crippen molar-refractivity contribution in [3.8, 4) is 11.5 Å². The molecule has 4 nitrogen and oxygen atoms in total. The molecule has 4 atom stereocenters. The van der Waals surface area contributed by atoms with E-state index in [1.54, 1.807) is 24.3 Å². The van der Waals surface area contributed by atoms with Crippen molar-refractivity contribution in [2.75, 3.05) is 26.8 Å². The molecule has 0 amide bonds. The van der Waals surface area contributed by atoms with Gasteiger partial charge in [-0.3, -0.25) is 0 Å². The maximum absolute atomic E-state index is 15.4. The Morgan fingerprint density at radius 2 is 2.00 bits per heavy atom. The zero-order valence-electron chi connectivity index (χ0n) is 17.0. The van der Waals surface area contributed by atoms with Crippen LogP contribution in [0.25, 0.3) is 0 Å². The van der Waals surface area contributed by atoms with E-state index in [2.05, 4.69) is 5.32 Å². The van der Waals surface area contributed by atoms with Gasteiger partial charge in [0.05, 0.1) is 0 Å². The predicted octanol–water partition coefficient (Wildman–Crippen LogP) is 4.99. The molecule has 0 radical (unpaired) electrons. The highest BCUT2D eigenvalue weighted by atomic mass is 35.5. The lowest BCUT2D eigenvalue weighted by atomic mass is 9.76. The molecule has 3 rings (SSSR count). The van der Waals surface area contributed by atoms with Crippen LogP contribution >= 0.6 is 11.6 Å². The number of nitrogens with one attached hydrogen (secondary N) is 1. The van der Waals surface area contributed by atoms with Gasteiger partial charge in [-0.15, -0.1) is 0 Å². The molecule has 7 heteroatoms. The summed E-state index contributed by atoms with van der Waals surface area (Å²) in [7, 11) is 1.50. The molecular formula is C23H28ClF2NO3. The van der Waals surface area contributed by atoms with Gasteiger partial charge in [0.25, 0.3) is 0 Å². The van der Waals surface area contributed by atoms with E-state index >= 15 is 4.39 Å². The van der Waals surface area contributed by atoms with Crippen LogP contribution in [0.4, 0.5) is 8.78 Å². The van der Waals surface area contributed by atoms with Crippen molar-refractivity contribution < 1.29 is 23.4 Å². The molecule has 1 fully saturated rings. The van der Waals surface area contributed by atoms with E-state index < -0.39 is 23.0 Å². The number of halogens is 3. The van der Waals surface area contributed by atoms with Crippen molar-refractivity contribution >= 4 is 11.6 Å². The molecule has 1 heterocycles. The fraction of sp³-hybridized carbons (Fsp3) is 0.478. The number of para-hydroxylation sites is 2. The monoisotopic (exact) mass is 439 g/mol. The van der Waals surface area contributed by atoms with Gasteiger partial charge in [-0.1, -0.05) is 41.9 Å². The van der Waals surface area contributed by atoms with Crippen molar-refractivity contribution in [1.82, 2.24) is 5.32 Å². The molecule has 3 unspecified atom stereocenters. The van der Waals surface area contributed by atoms with Crippen LogP contribution in [0.5, 0.6) is 11.5 Å². The van der Waals surface area contributed by atoms with Gasteiger partial charge < -0.3 is 19.9 Å². The number of benzene rings is 2. The Bertz CT molecular complexity index is 800. The van der Waals surface area contributed by atoms with Crippen LogP contribution in [0.15, 0.2) is 48.5 Å². The van der Waals surface area contributed by atoms with Gasteiger partial charge in [-0.2, -0.15) is 0 Å². The summed E-state index contributed by atoms with van der Waals surface area (Å²) in [4.78, 5) is 0. The SMILES string of the molecule is COCCC(F)C(C1CCCNC1)[C@](O)(Cl)c1cccc(F)c1Oc1ccccc1. The van der Waals surface area contributed by atoms with E-state index in [4.69, 9.17) is 21.1 Å². The topological polar surface area (TPSA) is 50.7 Å². The third kappa shape index (κ3) is 5.30. The van der Waals surface area contributed by atoms with E-state index in [-0.39, 0.29) is 30.3 Å². The van der Waals surface area contributed by atoms with Gasteiger partial charge in [0.1, 0.15) is 11.9 Å². The van der Waals surface area contributed by atoms with E-state index in [1.807, 2.05) is 6.07 Å². The molecule has 0 aliphatic carbocycles. The van der Waals surface area contributed by atoms with Crippen LogP contribution in [0, 0.1) is 17.7 Å². The average molecular weight is 440 g/mol. The Hall–Kier alpha value is -1.73. The van der Waals surface area contributed by atoms with Crippen LogP contribution < -0.4 is 10.1 Å². The summed E-state index contributed by atoms with van der Waals surface area (Å²) >= 11 is 6.68. The summed E-state index contributed by atoms with van der Waals surface area (Å²) in [6, 6.07) is 12.8. The van der Waals surface area contributed by atoms with Gasteiger partial charge in [-0.25, -0.2) is 8.78 Å². The second kappa shape index (κ2) is 10.5. The number of hydrogen-bond donors (Lipinski definition) is 2. The van der Waals surface area contributed by atoms with Crippen molar-refractivity contribution in [2.45, 2.75) is 30.5 Å². The number of ether oxygens (including phenoxy) is 2. The Labute approximate surface area is 181 Å². The average Bonchev–Trinajstić information content (AvgIpc) is 2.75. The van der Waals surface area contributed by atoms with Crippen LogP contribution in [0.2, 0.25) is 0 Å². The van der Waals surface area contributed by atoms with E-state index in [1.165, 1.54) is 25.3 Å². The molecule has 1 saturated heterocycles. The summed E-state index contributed by atoms with van der Waals surface area (Å²) in [6.45, 7) is 1.56. The number of rotatable bonds is 9. The van der Waals surface area contributed by atoms with E-state index in [0.29, 0.717) is 18.7 Å². The summed E-state index contributed by atoms with van der Waals surface area (Å²) in [6.07, 6.45) is 0.202. The highest BCUT2D eigenvalue weighted by Crippen LogP contribution is 2.48. The van der Waals surface area contributed by atoms with Gasteiger partial charge in [0.2, 0.25) is 0 Å². The molecule has 0 aromatic heterocycles. The highest BCUT2D eigenvalue weighted by Gasteiger charge is 2.48. The molecule has 1 aliphatic rings. The van der Waals surface area contributed by atoms with Crippen LogP contribution in [-0.4, -0.2) is 38.1 Å². The normalized spacial score (nSPS) is 20.9. The minimum atomic E-state index is -2.16. The molecular weight excluding hydrogens is 412 g/mol. The first-order valence-corrected chi connectivity index (χ1v) is 10.6. The van der Waals surface area contributed by atoms with Gasteiger partial charge in [0, 0.05) is 31.6 Å². The lowest BCUT2D eigenvalue weighted by molar-refractivity contribution is -0.0323. The minimum absolute atomic E-state index is 0.0173. The first kappa shape index (κ1) is 22.9. The summed E-state index contributed by atoms with van der Waals surface area (Å²) < 4.78 is 40.9. The van der Waals surface area contributed by atoms with Crippen molar-refractivity contribution in [2.24, 2.45) is 11.8 Å². The lowest BCUT2D eigenvalue weighted by Gasteiger charge is -2.41. The third-order valence-corrected chi connectivity index (χ3v) is 6.04. The molecule has 1 aliphatic heterocycles. The largest absolute Gasteiger partial charge is 0.454 e. The molecule has 0 spiro atoms. The Balaban J connectivity index is 2.00. The molecule has 0 saturated carbocycles. The van der Waals surface area contributed by atoms with Crippen molar-refractivity contribution in [1.29, 1.82) is 0 Å². The van der Waals surface area contributed by atoms with Gasteiger partial charge >= 0.3 is 0 Å². The maximum Gasteiger partial charge on any atom is 0.173 e. The highest BCUT2D eigenvalue weighted by molar-refractivity contribution is 6.23. The molecule has 2 N–H and O–H groups in total. The third-order valence-electron chi connectivity index (χ3n) is 5.58. The van der Waals surface area contributed by atoms with Crippen LogP contribution in [0.1, 0.15) is 24.8 Å². The quantitative estimate of drug-likeness (QED) is 0.540. The summed E-state index contributed by atoms with van der Waals surface area (Å²) in [5.74, 6) is -1.68. The van der Waals surface area contributed by atoms with Crippen LogP contribution in [-0.2, 0) is 9.80 Å². The zero-order chi connectivity index (χ0) is 21.6. The maximum atomic E-state index is 15.4. The second-order valence-electron chi connectivity index (χ2n) is 7.63. The number of aliphatic hydroxyl groups is 1. The number of hydrogen-bond acceptors (Lipinski definition) is 4. The number of methoxy groups -OCH3 is 1. The summed E-state index contributed by atoms with van der Waals surface area (Å²) in [5, 5.41) is 12.5. The molecule has 30 heavy (non-hydrogen) atoms. The van der Waals surface area contributed by atoms with Crippen LogP contribution in [0.3, 0.4) is 0 Å². The van der Waals surface area contributed by atoms with Gasteiger partial charge in [0.15, 0.2) is 16.6 Å². The molecule has 0 bridgehead atoms. The standard InChI is InChI=1S/C23H28ClF2NO3/c1-29-14-12-19(25)21(16-7-6-13-27-15-16)23(24,28)18-10-5-11-20(26)22(18)30-17-8-3-2-4-9-17/h2-5,8-11,16,19,21,27-28H,6-7,12-15H2,1H3/t16?,19?,21?,23-/m0/s1. The van der Waals surface area contributed by atoms with Crippen molar-refractivity contribution in [3.05, 3.63) is 59.9 Å². The predicted molar refractivity (Wildman–Crippen MR) is 113 cm³/mol. The molecule has 2 aromatic carbocycles. The smallest absolute Gasteiger partial charge is 0.173 e. The Morgan fingerprint density at radius 3 is 2.67 bits per heavy atom. The molecule has 164 valence electrons.